The molecule has 0 bridgehead atoms. The van der Waals surface area contributed by atoms with Gasteiger partial charge in [0.05, 0.1) is 0 Å². The van der Waals surface area contributed by atoms with Crippen molar-refractivity contribution in [1.82, 2.24) is 14.7 Å². The van der Waals surface area contributed by atoms with E-state index in [4.69, 9.17) is 4.74 Å². The van der Waals surface area contributed by atoms with Crippen LogP contribution in [-0.4, -0.2) is 72.6 Å². The lowest BCUT2D eigenvalue weighted by Gasteiger charge is -2.39. The zero-order valence-electron chi connectivity index (χ0n) is 23.3. The number of carbonyl (C=O) groups excluding carboxylic acids is 1. The Morgan fingerprint density at radius 3 is 2.21 bits per heavy atom. The van der Waals surface area contributed by atoms with Crippen LogP contribution >= 0.6 is 0 Å². The average molecular weight is 518 g/mol. The van der Waals surface area contributed by atoms with Gasteiger partial charge in [0.15, 0.2) is 0 Å². The summed E-state index contributed by atoms with van der Waals surface area (Å²) >= 11 is 0. The number of benzene rings is 2. The first-order valence-corrected chi connectivity index (χ1v) is 15.2. The number of rotatable bonds is 9. The van der Waals surface area contributed by atoms with Gasteiger partial charge in [-0.2, -0.15) is 0 Å². The van der Waals surface area contributed by atoms with Gasteiger partial charge in [0, 0.05) is 57.8 Å². The minimum Gasteiger partial charge on any atom is -0.445 e. The molecule has 38 heavy (non-hydrogen) atoms. The van der Waals surface area contributed by atoms with Gasteiger partial charge in [0.2, 0.25) is 0 Å². The highest BCUT2D eigenvalue weighted by molar-refractivity contribution is 5.68. The third-order valence-corrected chi connectivity index (χ3v) is 9.26. The van der Waals surface area contributed by atoms with Crippen molar-refractivity contribution in [2.45, 2.75) is 70.4 Å². The molecule has 1 aliphatic carbocycles. The van der Waals surface area contributed by atoms with Crippen LogP contribution in [0, 0.1) is 11.8 Å². The Hall–Kier alpha value is -2.37. The fraction of sp³-hybridized carbons (Fsp3) is 0.606. The zero-order valence-corrected chi connectivity index (χ0v) is 23.3. The van der Waals surface area contributed by atoms with Crippen molar-refractivity contribution in [2.75, 3.05) is 45.8 Å². The van der Waals surface area contributed by atoms with E-state index in [9.17, 15) is 4.79 Å². The maximum atomic E-state index is 12.9. The van der Waals surface area contributed by atoms with Crippen LogP contribution in [0.2, 0.25) is 0 Å². The second kappa shape index (κ2) is 13.6. The predicted octanol–water partition coefficient (Wildman–Crippen LogP) is 6.41. The van der Waals surface area contributed by atoms with Gasteiger partial charge >= 0.3 is 6.09 Å². The third-order valence-electron chi connectivity index (χ3n) is 9.26. The van der Waals surface area contributed by atoms with Crippen LogP contribution in [0.15, 0.2) is 60.7 Å². The van der Waals surface area contributed by atoms with Gasteiger partial charge in [-0.3, -0.25) is 0 Å². The van der Waals surface area contributed by atoms with Gasteiger partial charge in [0.25, 0.3) is 0 Å². The van der Waals surface area contributed by atoms with Crippen molar-refractivity contribution < 1.29 is 9.53 Å². The van der Waals surface area contributed by atoms with Crippen molar-refractivity contribution in [3.05, 3.63) is 71.8 Å². The lowest BCUT2D eigenvalue weighted by molar-refractivity contribution is 0.0603. The Balaban J connectivity index is 1.14. The lowest BCUT2D eigenvalue weighted by Crippen LogP contribution is -2.48. The monoisotopic (exact) mass is 517 g/mol. The van der Waals surface area contributed by atoms with Crippen molar-refractivity contribution >= 4 is 6.09 Å². The van der Waals surface area contributed by atoms with Gasteiger partial charge in [-0.05, 0) is 55.6 Å². The van der Waals surface area contributed by atoms with Gasteiger partial charge in [-0.25, -0.2) is 4.79 Å². The Morgan fingerprint density at radius 1 is 0.842 bits per heavy atom. The molecule has 5 rings (SSSR count). The summed E-state index contributed by atoms with van der Waals surface area (Å²) < 4.78 is 5.67. The summed E-state index contributed by atoms with van der Waals surface area (Å²) in [6.07, 6.45) is 9.01. The maximum Gasteiger partial charge on any atom is 0.410 e. The summed E-state index contributed by atoms with van der Waals surface area (Å²) in [5.74, 6) is 2.20. The van der Waals surface area contributed by atoms with E-state index in [0.717, 1.165) is 44.0 Å². The summed E-state index contributed by atoms with van der Waals surface area (Å²) in [5, 5.41) is 0. The SMILES string of the molecule is CCN(C(=O)OCc1ccccc1)C1CCN(C[C@@H]2CN(CC3CCCCC3)C[C@H]2c2ccccc2)CC1. The number of piperidine rings is 1. The summed E-state index contributed by atoms with van der Waals surface area (Å²) in [5.41, 5.74) is 2.55. The highest BCUT2D eigenvalue weighted by atomic mass is 16.6. The van der Waals surface area contributed by atoms with E-state index < -0.39 is 0 Å². The van der Waals surface area contributed by atoms with Gasteiger partial charge in [-0.15, -0.1) is 0 Å². The minimum absolute atomic E-state index is 0.173. The number of carbonyl (C=O) groups is 1. The highest BCUT2D eigenvalue weighted by Gasteiger charge is 2.37. The third kappa shape index (κ3) is 7.18. The molecule has 0 N–H and O–H groups in total. The van der Waals surface area contributed by atoms with E-state index in [1.54, 1.807) is 0 Å². The molecule has 2 aromatic rings. The fourth-order valence-corrected chi connectivity index (χ4v) is 7.19. The lowest BCUT2D eigenvalue weighted by atomic mass is 9.88. The minimum atomic E-state index is -0.173. The molecular weight excluding hydrogens is 470 g/mol. The van der Waals surface area contributed by atoms with E-state index in [-0.39, 0.29) is 12.1 Å². The molecule has 206 valence electrons. The van der Waals surface area contributed by atoms with Crippen LogP contribution < -0.4 is 0 Å². The fourth-order valence-electron chi connectivity index (χ4n) is 7.19. The van der Waals surface area contributed by atoms with Crippen LogP contribution in [0.1, 0.15) is 68.9 Å². The number of nitrogens with zero attached hydrogens (tertiary/aromatic N) is 3. The van der Waals surface area contributed by atoms with Gasteiger partial charge in [-0.1, -0.05) is 79.9 Å². The van der Waals surface area contributed by atoms with E-state index in [1.807, 2.05) is 35.2 Å². The van der Waals surface area contributed by atoms with Crippen LogP contribution in [-0.2, 0) is 11.3 Å². The van der Waals surface area contributed by atoms with Crippen LogP contribution in [0.3, 0.4) is 0 Å². The van der Waals surface area contributed by atoms with E-state index in [0.29, 0.717) is 25.0 Å². The Bertz CT molecular complexity index is 970. The average Bonchev–Trinajstić information content (AvgIpc) is 3.36. The molecule has 2 atom stereocenters. The molecule has 1 amide bonds. The van der Waals surface area contributed by atoms with Crippen molar-refractivity contribution in [3.8, 4) is 0 Å². The Labute approximate surface area is 230 Å². The van der Waals surface area contributed by atoms with Gasteiger partial charge in [0.1, 0.15) is 6.61 Å². The molecule has 5 nitrogen and oxygen atoms in total. The molecule has 2 heterocycles. The molecule has 0 radical (unpaired) electrons. The number of amides is 1. The molecule has 0 aromatic heterocycles. The van der Waals surface area contributed by atoms with Crippen molar-refractivity contribution in [1.29, 1.82) is 0 Å². The van der Waals surface area contributed by atoms with Crippen LogP contribution in [0.25, 0.3) is 0 Å². The van der Waals surface area contributed by atoms with Crippen LogP contribution in [0.4, 0.5) is 4.79 Å². The smallest absolute Gasteiger partial charge is 0.410 e. The molecule has 2 aliphatic heterocycles. The van der Waals surface area contributed by atoms with Crippen LogP contribution in [0.5, 0.6) is 0 Å². The normalized spacial score (nSPS) is 23.9. The number of hydrogen-bond donors (Lipinski definition) is 0. The van der Waals surface area contributed by atoms with Crippen molar-refractivity contribution in [3.63, 3.8) is 0 Å². The second-order valence-corrected chi connectivity index (χ2v) is 11.9. The number of ether oxygens (including phenoxy) is 1. The summed E-state index contributed by atoms with van der Waals surface area (Å²) in [7, 11) is 0. The maximum absolute atomic E-state index is 12.9. The number of hydrogen-bond acceptors (Lipinski definition) is 4. The van der Waals surface area contributed by atoms with E-state index in [2.05, 4.69) is 47.1 Å². The molecule has 5 heteroatoms. The number of likely N-dealkylation sites (tertiary alicyclic amines) is 2. The quantitative estimate of drug-likeness (QED) is 0.385. The second-order valence-electron chi connectivity index (χ2n) is 11.9. The zero-order chi connectivity index (χ0) is 26.2. The topological polar surface area (TPSA) is 36.0 Å². The molecule has 0 spiro atoms. The summed E-state index contributed by atoms with van der Waals surface area (Å²) in [4.78, 5) is 20.3. The largest absolute Gasteiger partial charge is 0.445 e. The van der Waals surface area contributed by atoms with Gasteiger partial charge < -0.3 is 19.4 Å². The molecule has 3 aliphatic rings. The molecule has 2 saturated heterocycles. The first-order valence-electron chi connectivity index (χ1n) is 15.2. The molecule has 2 aromatic carbocycles. The summed E-state index contributed by atoms with van der Waals surface area (Å²) in [6, 6.07) is 21.5. The predicted molar refractivity (Wildman–Crippen MR) is 154 cm³/mol. The molecular formula is C33H47N3O2. The molecule has 0 unspecified atom stereocenters. The molecule has 1 saturated carbocycles. The van der Waals surface area contributed by atoms with E-state index in [1.165, 1.54) is 57.3 Å². The first-order chi connectivity index (χ1) is 18.7. The Kier molecular flexibility index (Phi) is 9.75. The standard InChI is InChI=1S/C33H47N3O2/c1-2-36(33(37)38-26-28-14-8-4-9-15-28)31-18-20-34(21-19-31)23-30-24-35(22-27-12-6-3-7-13-27)25-32(30)29-16-10-5-11-17-29/h4-5,8-11,14-17,27,30-32H,2-3,6-7,12-13,18-26H2,1H3/t30-,32+/m1/s1. The first kappa shape index (κ1) is 27.2. The van der Waals surface area contributed by atoms with E-state index >= 15 is 0 Å². The Morgan fingerprint density at radius 2 is 1.53 bits per heavy atom. The molecule has 3 fully saturated rings. The summed E-state index contributed by atoms with van der Waals surface area (Å²) in [6.45, 7) is 10.1. The van der Waals surface area contributed by atoms with Crippen molar-refractivity contribution in [2.24, 2.45) is 11.8 Å². The highest BCUT2D eigenvalue weighted by Crippen LogP contribution is 2.36.